The molecule has 5 nitrogen and oxygen atoms in total. The molecule has 2 N–H and O–H groups in total. The first kappa shape index (κ1) is 15.8. The summed E-state index contributed by atoms with van der Waals surface area (Å²) < 4.78 is 5.28. The van der Waals surface area contributed by atoms with Gasteiger partial charge in [0.2, 0.25) is 0 Å². The number of ether oxygens (including phenoxy) is 1. The van der Waals surface area contributed by atoms with E-state index < -0.39 is 5.60 Å². The number of alkyl carbamates (subject to hydrolysis) is 1. The summed E-state index contributed by atoms with van der Waals surface area (Å²) in [5.74, 6) is 0. The second-order valence-corrected chi connectivity index (χ2v) is 6.56. The third kappa shape index (κ3) is 5.71. The monoisotopic (exact) mass is 291 g/mol. The minimum absolute atomic E-state index is 0.195. The Labute approximate surface area is 126 Å². The van der Waals surface area contributed by atoms with Gasteiger partial charge in [-0.15, -0.1) is 0 Å². The fourth-order valence-corrected chi connectivity index (χ4v) is 2.52. The molecule has 1 amide bonds. The van der Waals surface area contributed by atoms with Crippen LogP contribution in [-0.4, -0.2) is 28.8 Å². The molecular weight excluding hydrogens is 266 g/mol. The van der Waals surface area contributed by atoms with E-state index in [9.17, 15) is 4.79 Å². The number of aromatic nitrogens is 1. The van der Waals surface area contributed by atoms with E-state index in [-0.39, 0.29) is 12.1 Å². The molecule has 0 saturated heterocycles. The number of carbonyl (C=O) groups is 1. The predicted molar refractivity (Wildman–Crippen MR) is 81.9 cm³/mol. The van der Waals surface area contributed by atoms with Gasteiger partial charge in [0, 0.05) is 24.8 Å². The lowest BCUT2D eigenvalue weighted by atomic mass is 10.2. The molecule has 116 valence electrons. The van der Waals surface area contributed by atoms with E-state index in [0.717, 1.165) is 31.5 Å². The first-order valence-corrected chi connectivity index (χ1v) is 7.55. The van der Waals surface area contributed by atoms with Crippen LogP contribution in [0.5, 0.6) is 0 Å². The van der Waals surface area contributed by atoms with Gasteiger partial charge in [-0.25, -0.2) is 4.79 Å². The highest BCUT2D eigenvalue weighted by Gasteiger charge is 2.27. The quantitative estimate of drug-likeness (QED) is 0.895. The predicted octanol–water partition coefficient (Wildman–Crippen LogP) is 2.62. The molecule has 21 heavy (non-hydrogen) atoms. The van der Waals surface area contributed by atoms with Crippen molar-refractivity contribution in [1.82, 2.24) is 15.6 Å². The Hall–Kier alpha value is -1.62. The van der Waals surface area contributed by atoms with Gasteiger partial charge in [-0.1, -0.05) is 6.07 Å². The molecule has 1 aliphatic rings. The second-order valence-electron chi connectivity index (χ2n) is 6.56. The number of pyridine rings is 1. The van der Waals surface area contributed by atoms with Gasteiger partial charge in [-0.05, 0) is 52.2 Å². The molecule has 1 aromatic rings. The molecule has 1 heterocycles. The lowest BCUT2D eigenvalue weighted by Gasteiger charge is -2.21. The SMILES string of the molecule is CC(C)(C)OC(=O)NC1CCC(NCc2ccccn2)C1. The zero-order valence-corrected chi connectivity index (χ0v) is 13.1. The fourth-order valence-electron chi connectivity index (χ4n) is 2.52. The van der Waals surface area contributed by atoms with Crippen molar-refractivity contribution in [2.75, 3.05) is 0 Å². The maximum atomic E-state index is 11.7. The summed E-state index contributed by atoms with van der Waals surface area (Å²) in [7, 11) is 0. The van der Waals surface area contributed by atoms with Crippen molar-refractivity contribution in [1.29, 1.82) is 0 Å². The third-order valence-electron chi connectivity index (χ3n) is 3.45. The normalized spacial score (nSPS) is 22.0. The second kappa shape index (κ2) is 6.89. The van der Waals surface area contributed by atoms with E-state index >= 15 is 0 Å². The van der Waals surface area contributed by atoms with Gasteiger partial charge >= 0.3 is 6.09 Å². The lowest BCUT2D eigenvalue weighted by Crippen LogP contribution is -2.39. The van der Waals surface area contributed by atoms with Crippen molar-refractivity contribution in [2.45, 2.75) is 64.3 Å². The largest absolute Gasteiger partial charge is 0.444 e. The molecule has 0 spiro atoms. The summed E-state index contributed by atoms with van der Waals surface area (Å²) in [6, 6.07) is 6.54. The molecule has 0 bridgehead atoms. The average Bonchev–Trinajstić information content (AvgIpc) is 2.83. The van der Waals surface area contributed by atoms with E-state index in [1.54, 1.807) is 6.20 Å². The van der Waals surface area contributed by atoms with E-state index in [1.807, 2.05) is 39.0 Å². The van der Waals surface area contributed by atoms with E-state index in [1.165, 1.54) is 0 Å². The first-order chi connectivity index (χ1) is 9.92. The zero-order valence-electron chi connectivity index (χ0n) is 13.1. The van der Waals surface area contributed by atoms with Crippen LogP contribution in [0.3, 0.4) is 0 Å². The van der Waals surface area contributed by atoms with Crippen LogP contribution < -0.4 is 10.6 Å². The molecule has 2 atom stereocenters. The number of hydrogen-bond donors (Lipinski definition) is 2. The van der Waals surface area contributed by atoms with Crippen molar-refractivity contribution >= 4 is 6.09 Å². The van der Waals surface area contributed by atoms with Gasteiger partial charge in [0.25, 0.3) is 0 Å². The Morgan fingerprint density at radius 3 is 2.76 bits per heavy atom. The van der Waals surface area contributed by atoms with Crippen LogP contribution in [0.25, 0.3) is 0 Å². The topological polar surface area (TPSA) is 63.2 Å². The molecular formula is C16H25N3O2. The van der Waals surface area contributed by atoms with Gasteiger partial charge in [0.15, 0.2) is 0 Å². The maximum Gasteiger partial charge on any atom is 0.407 e. The minimum Gasteiger partial charge on any atom is -0.444 e. The van der Waals surface area contributed by atoms with Crippen LogP contribution in [0, 0.1) is 0 Å². The Morgan fingerprint density at radius 2 is 2.10 bits per heavy atom. The summed E-state index contributed by atoms with van der Waals surface area (Å²) in [6.45, 7) is 6.39. The van der Waals surface area contributed by atoms with Gasteiger partial charge in [-0.2, -0.15) is 0 Å². The Balaban J connectivity index is 1.70. The molecule has 5 heteroatoms. The smallest absolute Gasteiger partial charge is 0.407 e. The van der Waals surface area contributed by atoms with Crippen molar-refractivity contribution in [3.8, 4) is 0 Å². The molecule has 1 fully saturated rings. The van der Waals surface area contributed by atoms with Gasteiger partial charge in [0.05, 0.1) is 5.69 Å². The Kier molecular flexibility index (Phi) is 5.17. The number of carbonyl (C=O) groups excluding carboxylic acids is 1. The van der Waals surface area contributed by atoms with Gasteiger partial charge in [-0.3, -0.25) is 4.98 Å². The number of nitrogens with zero attached hydrogens (tertiary/aromatic N) is 1. The summed E-state index contributed by atoms with van der Waals surface area (Å²) in [5, 5.41) is 6.44. The van der Waals surface area contributed by atoms with Crippen molar-refractivity contribution in [3.05, 3.63) is 30.1 Å². The van der Waals surface area contributed by atoms with Crippen molar-refractivity contribution < 1.29 is 9.53 Å². The van der Waals surface area contributed by atoms with Crippen LogP contribution in [0.15, 0.2) is 24.4 Å². The summed E-state index contributed by atoms with van der Waals surface area (Å²) >= 11 is 0. The van der Waals surface area contributed by atoms with Crippen molar-refractivity contribution in [2.24, 2.45) is 0 Å². The van der Waals surface area contributed by atoms with E-state index in [4.69, 9.17) is 4.74 Å². The van der Waals surface area contributed by atoms with Crippen LogP contribution in [0.2, 0.25) is 0 Å². The van der Waals surface area contributed by atoms with Gasteiger partial charge < -0.3 is 15.4 Å². The average molecular weight is 291 g/mol. The maximum absolute atomic E-state index is 11.7. The van der Waals surface area contributed by atoms with Crippen LogP contribution >= 0.6 is 0 Å². The molecule has 1 aliphatic carbocycles. The fraction of sp³-hybridized carbons (Fsp3) is 0.625. The zero-order chi connectivity index (χ0) is 15.3. The highest BCUT2D eigenvalue weighted by molar-refractivity contribution is 5.68. The van der Waals surface area contributed by atoms with Gasteiger partial charge in [0.1, 0.15) is 5.60 Å². The number of nitrogens with one attached hydrogen (secondary N) is 2. The molecule has 2 unspecified atom stereocenters. The number of hydrogen-bond acceptors (Lipinski definition) is 4. The molecule has 2 rings (SSSR count). The van der Waals surface area contributed by atoms with Crippen LogP contribution in [-0.2, 0) is 11.3 Å². The van der Waals surface area contributed by atoms with Crippen LogP contribution in [0.1, 0.15) is 45.7 Å². The third-order valence-corrected chi connectivity index (χ3v) is 3.45. The highest BCUT2D eigenvalue weighted by atomic mass is 16.6. The standard InChI is InChI=1S/C16H25N3O2/c1-16(2,3)21-15(20)19-13-8-7-12(10-13)18-11-14-6-4-5-9-17-14/h4-6,9,12-13,18H,7-8,10-11H2,1-3H3,(H,19,20). The number of rotatable bonds is 4. The molecule has 0 radical (unpaired) electrons. The van der Waals surface area contributed by atoms with Crippen molar-refractivity contribution in [3.63, 3.8) is 0 Å². The molecule has 1 aromatic heterocycles. The molecule has 0 aliphatic heterocycles. The molecule has 1 saturated carbocycles. The molecule has 0 aromatic carbocycles. The minimum atomic E-state index is -0.445. The van der Waals surface area contributed by atoms with E-state index in [2.05, 4.69) is 15.6 Å². The first-order valence-electron chi connectivity index (χ1n) is 7.55. The summed E-state index contributed by atoms with van der Waals surface area (Å²) in [6.07, 6.45) is 4.47. The van der Waals surface area contributed by atoms with Crippen LogP contribution in [0.4, 0.5) is 4.79 Å². The number of amides is 1. The summed E-state index contributed by atoms with van der Waals surface area (Å²) in [5.41, 5.74) is 0.598. The summed E-state index contributed by atoms with van der Waals surface area (Å²) in [4.78, 5) is 16.0. The highest BCUT2D eigenvalue weighted by Crippen LogP contribution is 2.20. The Morgan fingerprint density at radius 1 is 1.33 bits per heavy atom. The lowest BCUT2D eigenvalue weighted by molar-refractivity contribution is 0.0505. The van der Waals surface area contributed by atoms with E-state index in [0.29, 0.717) is 6.04 Å². The Bertz CT molecular complexity index is 456.